The van der Waals surface area contributed by atoms with Crippen LogP contribution >= 0.6 is 0 Å². The van der Waals surface area contributed by atoms with Crippen LogP contribution < -0.4 is 5.32 Å². The first-order valence-corrected chi connectivity index (χ1v) is 3.77. The van der Waals surface area contributed by atoms with Crippen LogP contribution in [0.15, 0.2) is 0 Å². The number of aliphatic hydroxyl groups is 1. The smallest absolute Gasteiger partial charge is 0.323 e. The third-order valence-corrected chi connectivity index (χ3v) is 1.32. The quantitative estimate of drug-likeness (QED) is 0.435. The van der Waals surface area contributed by atoms with Crippen molar-refractivity contribution >= 4 is 5.97 Å². The molecule has 66 valence electrons. The summed E-state index contributed by atoms with van der Waals surface area (Å²) < 4.78 is 4.73. The van der Waals surface area contributed by atoms with Crippen molar-refractivity contribution in [1.82, 2.24) is 5.32 Å². The number of carbonyl (C=O) groups is 1. The molecule has 0 aromatic heterocycles. The SMILES string of the molecule is CCOC(=O)C(CC)NCO. The van der Waals surface area contributed by atoms with Crippen LogP contribution in [-0.2, 0) is 9.53 Å². The third-order valence-electron chi connectivity index (χ3n) is 1.32. The molecule has 1 unspecified atom stereocenters. The number of aliphatic hydroxyl groups excluding tert-OH is 1. The summed E-state index contributed by atoms with van der Waals surface area (Å²) in [5.74, 6) is -0.302. The highest BCUT2D eigenvalue weighted by Crippen LogP contribution is 1.93. The summed E-state index contributed by atoms with van der Waals surface area (Å²) in [7, 11) is 0. The zero-order valence-corrected chi connectivity index (χ0v) is 6.96. The molecule has 0 rings (SSSR count). The lowest BCUT2D eigenvalue weighted by atomic mass is 10.2. The van der Waals surface area contributed by atoms with Crippen molar-refractivity contribution in [2.75, 3.05) is 13.3 Å². The molecule has 0 fully saturated rings. The van der Waals surface area contributed by atoms with Crippen LogP contribution in [0, 0.1) is 0 Å². The minimum Gasteiger partial charge on any atom is -0.465 e. The van der Waals surface area contributed by atoms with E-state index in [9.17, 15) is 4.79 Å². The van der Waals surface area contributed by atoms with Gasteiger partial charge < -0.3 is 9.84 Å². The Kier molecular flexibility index (Phi) is 5.78. The lowest BCUT2D eigenvalue weighted by molar-refractivity contribution is -0.146. The van der Waals surface area contributed by atoms with E-state index in [1.54, 1.807) is 6.92 Å². The van der Waals surface area contributed by atoms with Crippen molar-refractivity contribution in [3.05, 3.63) is 0 Å². The van der Waals surface area contributed by atoms with Crippen molar-refractivity contribution in [2.24, 2.45) is 0 Å². The molecule has 0 saturated heterocycles. The van der Waals surface area contributed by atoms with Crippen molar-refractivity contribution in [2.45, 2.75) is 26.3 Å². The second-order valence-corrected chi connectivity index (χ2v) is 2.08. The Hall–Kier alpha value is -0.610. The van der Waals surface area contributed by atoms with Gasteiger partial charge in [0.2, 0.25) is 0 Å². The van der Waals surface area contributed by atoms with Gasteiger partial charge in [0, 0.05) is 0 Å². The molecular weight excluding hydrogens is 146 g/mol. The largest absolute Gasteiger partial charge is 0.465 e. The second kappa shape index (κ2) is 6.12. The standard InChI is InChI=1S/C7H15NO3/c1-3-6(8-5-9)7(10)11-4-2/h6,8-9H,3-5H2,1-2H3. The van der Waals surface area contributed by atoms with Crippen LogP contribution in [0.2, 0.25) is 0 Å². The average Bonchev–Trinajstić information content (AvgIpc) is 2.00. The molecule has 0 amide bonds. The van der Waals surface area contributed by atoms with Gasteiger partial charge in [-0.25, -0.2) is 0 Å². The van der Waals surface area contributed by atoms with E-state index in [0.29, 0.717) is 13.0 Å². The van der Waals surface area contributed by atoms with Crippen LogP contribution in [0.3, 0.4) is 0 Å². The highest BCUT2D eigenvalue weighted by Gasteiger charge is 2.15. The zero-order chi connectivity index (χ0) is 8.69. The Bertz CT molecular complexity index is 116. The van der Waals surface area contributed by atoms with Crippen LogP contribution in [0.4, 0.5) is 0 Å². The molecule has 4 nitrogen and oxygen atoms in total. The van der Waals surface area contributed by atoms with Crippen molar-refractivity contribution in [3.8, 4) is 0 Å². The van der Waals surface area contributed by atoms with E-state index in [-0.39, 0.29) is 18.7 Å². The fraction of sp³-hybridized carbons (Fsp3) is 0.857. The summed E-state index contributed by atoms with van der Waals surface area (Å²) in [6.07, 6.45) is 0.624. The van der Waals surface area contributed by atoms with Crippen molar-refractivity contribution in [1.29, 1.82) is 0 Å². The van der Waals surface area contributed by atoms with Gasteiger partial charge in [0.1, 0.15) is 6.04 Å². The lowest BCUT2D eigenvalue weighted by Crippen LogP contribution is -2.37. The fourth-order valence-electron chi connectivity index (χ4n) is 0.747. The summed E-state index contributed by atoms with van der Waals surface area (Å²) >= 11 is 0. The van der Waals surface area contributed by atoms with E-state index >= 15 is 0 Å². The van der Waals surface area contributed by atoms with Gasteiger partial charge in [-0.3, -0.25) is 10.1 Å². The van der Waals surface area contributed by atoms with E-state index in [4.69, 9.17) is 9.84 Å². The van der Waals surface area contributed by atoms with Gasteiger partial charge in [-0.05, 0) is 13.3 Å². The van der Waals surface area contributed by atoms with E-state index in [2.05, 4.69) is 5.32 Å². The molecule has 4 heteroatoms. The Morgan fingerprint density at radius 2 is 2.27 bits per heavy atom. The first-order chi connectivity index (χ1) is 5.26. The Morgan fingerprint density at radius 3 is 2.64 bits per heavy atom. The van der Waals surface area contributed by atoms with E-state index < -0.39 is 0 Å². The summed E-state index contributed by atoms with van der Waals surface area (Å²) in [5, 5.41) is 11.1. The molecule has 0 aromatic carbocycles. The van der Waals surface area contributed by atoms with Crippen molar-refractivity contribution in [3.63, 3.8) is 0 Å². The number of hydrogen-bond donors (Lipinski definition) is 2. The molecule has 1 atom stereocenters. The second-order valence-electron chi connectivity index (χ2n) is 2.08. The van der Waals surface area contributed by atoms with Gasteiger partial charge in [0.15, 0.2) is 0 Å². The number of ether oxygens (including phenoxy) is 1. The first kappa shape index (κ1) is 10.4. The Balaban J connectivity index is 3.71. The minimum absolute atomic E-state index is 0.197. The molecule has 0 spiro atoms. The molecule has 11 heavy (non-hydrogen) atoms. The van der Waals surface area contributed by atoms with E-state index in [1.807, 2.05) is 6.92 Å². The minimum atomic E-state index is -0.375. The van der Waals surface area contributed by atoms with Crippen LogP contribution in [0.1, 0.15) is 20.3 Å². The first-order valence-electron chi connectivity index (χ1n) is 3.77. The topological polar surface area (TPSA) is 58.6 Å². The van der Waals surface area contributed by atoms with Crippen LogP contribution in [0.25, 0.3) is 0 Å². The lowest BCUT2D eigenvalue weighted by Gasteiger charge is -2.12. The Labute approximate surface area is 66.5 Å². The van der Waals surface area contributed by atoms with Gasteiger partial charge in [-0.15, -0.1) is 0 Å². The molecule has 0 radical (unpaired) electrons. The molecule has 0 bridgehead atoms. The van der Waals surface area contributed by atoms with Crippen LogP contribution in [0.5, 0.6) is 0 Å². The number of hydrogen-bond acceptors (Lipinski definition) is 4. The predicted molar refractivity (Wildman–Crippen MR) is 40.9 cm³/mol. The highest BCUT2D eigenvalue weighted by atomic mass is 16.5. The number of carbonyl (C=O) groups excluding carboxylic acids is 1. The maximum atomic E-state index is 11.0. The maximum absolute atomic E-state index is 11.0. The van der Waals surface area contributed by atoms with Gasteiger partial charge >= 0.3 is 5.97 Å². The van der Waals surface area contributed by atoms with Gasteiger partial charge in [0.25, 0.3) is 0 Å². The number of rotatable bonds is 5. The highest BCUT2D eigenvalue weighted by molar-refractivity contribution is 5.75. The number of esters is 1. The van der Waals surface area contributed by atoms with Gasteiger partial charge in [-0.2, -0.15) is 0 Å². The number of nitrogens with one attached hydrogen (secondary N) is 1. The monoisotopic (exact) mass is 161 g/mol. The molecule has 0 aliphatic carbocycles. The van der Waals surface area contributed by atoms with Gasteiger partial charge in [-0.1, -0.05) is 6.92 Å². The van der Waals surface area contributed by atoms with E-state index in [1.165, 1.54) is 0 Å². The van der Waals surface area contributed by atoms with Crippen molar-refractivity contribution < 1.29 is 14.6 Å². The summed E-state index contributed by atoms with van der Waals surface area (Å²) in [6, 6.07) is -0.375. The molecule has 0 heterocycles. The molecule has 0 aromatic rings. The van der Waals surface area contributed by atoms with Crippen LogP contribution in [-0.4, -0.2) is 30.5 Å². The molecule has 2 N–H and O–H groups in total. The maximum Gasteiger partial charge on any atom is 0.323 e. The molecular formula is C7H15NO3. The normalized spacial score (nSPS) is 12.6. The summed E-state index contributed by atoms with van der Waals surface area (Å²) in [5.41, 5.74) is 0. The predicted octanol–water partition coefficient (Wildman–Crippen LogP) is -0.132. The summed E-state index contributed by atoms with van der Waals surface area (Å²) in [6.45, 7) is 3.79. The molecule has 0 saturated carbocycles. The average molecular weight is 161 g/mol. The van der Waals surface area contributed by atoms with Gasteiger partial charge in [0.05, 0.1) is 13.3 Å². The fourth-order valence-corrected chi connectivity index (χ4v) is 0.747. The third kappa shape index (κ3) is 3.95. The zero-order valence-electron chi connectivity index (χ0n) is 6.96. The summed E-state index contributed by atoms with van der Waals surface area (Å²) in [4.78, 5) is 11.0. The van der Waals surface area contributed by atoms with E-state index in [0.717, 1.165) is 0 Å². The molecule has 0 aliphatic heterocycles. The molecule has 0 aliphatic rings. The Morgan fingerprint density at radius 1 is 1.64 bits per heavy atom.